The highest BCUT2D eigenvalue weighted by atomic mass is 32.1. The lowest BCUT2D eigenvalue weighted by atomic mass is 9.99. The van der Waals surface area contributed by atoms with Crippen LogP contribution in [-0.2, 0) is 11.3 Å². The Labute approximate surface area is 190 Å². The van der Waals surface area contributed by atoms with Gasteiger partial charge in [0.15, 0.2) is 5.11 Å². The summed E-state index contributed by atoms with van der Waals surface area (Å²) in [5, 5.41) is 6.99. The SMILES string of the molecule is Cc1ccc(CNC(=S)Nc2nc(N3CCOCC3)cc(N3CCC(C)CC3)n2)cc1. The van der Waals surface area contributed by atoms with E-state index in [1.165, 1.54) is 24.0 Å². The maximum absolute atomic E-state index is 5.53. The molecule has 0 bridgehead atoms. The number of morpholine rings is 1. The average Bonchev–Trinajstić information content (AvgIpc) is 2.79. The van der Waals surface area contributed by atoms with E-state index in [1.54, 1.807) is 0 Å². The smallest absolute Gasteiger partial charge is 0.232 e. The van der Waals surface area contributed by atoms with Crippen molar-refractivity contribution in [2.45, 2.75) is 33.2 Å². The summed E-state index contributed by atoms with van der Waals surface area (Å²) in [4.78, 5) is 14.2. The summed E-state index contributed by atoms with van der Waals surface area (Å²) in [6, 6.07) is 10.5. The number of anilines is 3. The van der Waals surface area contributed by atoms with Gasteiger partial charge < -0.3 is 25.2 Å². The van der Waals surface area contributed by atoms with Crippen LogP contribution in [0.2, 0.25) is 0 Å². The van der Waals surface area contributed by atoms with Gasteiger partial charge in [0.2, 0.25) is 5.95 Å². The number of hydrogen-bond donors (Lipinski definition) is 2. The first kappa shape index (κ1) is 21.8. The zero-order valence-electron chi connectivity index (χ0n) is 18.4. The topological polar surface area (TPSA) is 65.6 Å². The van der Waals surface area contributed by atoms with Gasteiger partial charge in [0.1, 0.15) is 11.6 Å². The van der Waals surface area contributed by atoms with Crippen LogP contribution in [0.15, 0.2) is 30.3 Å². The summed E-state index contributed by atoms with van der Waals surface area (Å²) in [6.07, 6.45) is 2.38. The minimum absolute atomic E-state index is 0.526. The van der Waals surface area contributed by atoms with Crippen LogP contribution in [0.4, 0.5) is 17.6 Å². The Hall–Kier alpha value is -2.45. The molecule has 0 aliphatic carbocycles. The molecule has 8 heteroatoms. The van der Waals surface area contributed by atoms with Crippen molar-refractivity contribution < 1.29 is 4.74 Å². The van der Waals surface area contributed by atoms with Crippen molar-refractivity contribution >= 4 is 34.9 Å². The molecular formula is C23H32N6OS. The van der Waals surface area contributed by atoms with E-state index in [1.807, 2.05) is 0 Å². The van der Waals surface area contributed by atoms with E-state index in [0.717, 1.165) is 56.9 Å². The first-order valence-electron chi connectivity index (χ1n) is 11.1. The van der Waals surface area contributed by atoms with Crippen molar-refractivity contribution in [3.63, 3.8) is 0 Å². The molecule has 0 radical (unpaired) electrons. The van der Waals surface area contributed by atoms with Gasteiger partial charge in [-0.05, 0) is 43.5 Å². The lowest BCUT2D eigenvalue weighted by molar-refractivity contribution is 0.122. The third-order valence-electron chi connectivity index (χ3n) is 5.94. The van der Waals surface area contributed by atoms with Gasteiger partial charge in [0.25, 0.3) is 0 Å². The number of ether oxygens (including phenoxy) is 1. The van der Waals surface area contributed by atoms with E-state index in [4.69, 9.17) is 26.9 Å². The minimum atomic E-state index is 0.526. The predicted octanol–water partition coefficient (Wildman–Crippen LogP) is 3.34. The van der Waals surface area contributed by atoms with E-state index in [-0.39, 0.29) is 0 Å². The number of hydrogen-bond acceptors (Lipinski definition) is 6. The normalized spacial score (nSPS) is 17.5. The highest BCUT2D eigenvalue weighted by molar-refractivity contribution is 7.80. The maximum Gasteiger partial charge on any atom is 0.232 e. The maximum atomic E-state index is 5.53. The van der Waals surface area contributed by atoms with Gasteiger partial charge in [-0.15, -0.1) is 0 Å². The Morgan fingerprint density at radius 2 is 1.65 bits per heavy atom. The molecule has 3 heterocycles. The largest absolute Gasteiger partial charge is 0.378 e. The van der Waals surface area contributed by atoms with E-state index < -0.39 is 0 Å². The number of aryl methyl sites for hydroxylation is 1. The van der Waals surface area contributed by atoms with Crippen LogP contribution in [0.5, 0.6) is 0 Å². The molecule has 2 aliphatic rings. The van der Waals surface area contributed by atoms with Crippen LogP contribution in [0.25, 0.3) is 0 Å². The van der Waals surface area contributed by atoms with Gasteiger partial charge in [-0.2, -0.15) is 9.97 Å². The van der Waals surface area contributed by atoms with Gasteiger partial charge in [0, 0.05) is 38.8 Å². The van der Waals surface area contributed by atoms with Gasteiger partial charge >= 0.3 is 0 Å². The monoisotopic (exact) mass is 440 g/mol. The van der Waals surface area contributed by atoms with Gasteiger partial charge in [0.05, 0.1) is 13.2 Å². The number of nitrogens with one attached hydrogen (secondary N) is 2. The number of aromatic nitrogens is 2. The third kappa shape index (κ3) is 6.04. The molecule has 0 spiro atoms. The average molecular weight is 441 g/mol. The van der Waals surface area contributed by atoms with Gasteiger partial charge in [-0.25, -0.2) is 0 Å². The zero-order chi connectivity index (χ0) is 21.6. The second-order valence-corrected chi connectivity index (χ2v) is 8.88. The van der Waals surface area contributed by atoms with Crippen molar-refractivity contribution in [2.75, 3.05) is 54.5 Å². The molecule has 1 aromatic carbocycles. The molecule has 166 valence electrons. The number of benzene rings is 1. The molecule has 0 amide bonds. The van der Waals surface area contributed by atoms with Crippen molar-refractivity contribution in [3.05, 3.63) is 41.5 Å². The molecule has 2 aliphatic heterocycles. The highest BCUT2D eigenvalue weighted by Crippen LogP contribution is 2.26. The summed E-state index contributed by atoms with van der Waals surface area (Å²) in [7, 11) is 0. The minimum Gasteiger partial charge on any atom is -0.378 e. The van der Waals surface area contributed by atoms with Crippen molar-refractivity contribution in [3.8, 4) is 0 Å². The quantitative estimate of drug-likeness (QED) is 0.687. The fourth-order valence-electron chi connectivity index (χ4n) is 3.87. The van der Waals surface area contributed by atoms with Crippen LogP contribution in [-0.4, -0.2) is 54.5 Å². The standard InChI is InChI=1S/C23H32N6OS/c1-17-3-5-19(6-4-17)16-24-23(31)27-22-25-20(28-9-7-18(2)8-10-28)15-21(26-22)29-11-13-30-14-12-29/h3-6,15,18H,7-14,16H2,1-2H3,(H2,24,25,26,27,31). The molecule has 1 aromatic heterocycles. The van der Waals surface area contributed by atoms with Crippen LogP contribution < -0.4 is 20.4 Å². The molecule has 0 unspecified atom stereocenters. The second-order valence-electron chi connectivity index (χ2n) is 8.47. The predicted molar refractivity (Wildman–Crippen MR) is 130 cm³/mol. The van der Waals surface area contributed by atoms with E-state index in [2.05, 4.69) is 64.6 Å². The lowest BCUT2D eigenvalue weighted by Crippen LogP contribution is -2.38. The molecule has 7 nitrogen and oxygen atoms in total. The van der Waals surface area contributed by atoms with E-state index in [9.17, 15) is 0 Å². The summed E-state index contributed by atoms with van der Waals surface area (Å²) in [5.74, 6) is 3.20. The molecule has 2 fully saturated rings. The molecule has 0 atom stereocenters. The lowest BCUT2D eigenvalue weighted by Gasteiger charge is -2.33. The van der Waals surface area contributed by atoms with Gasteiger partial charge in [-0.1, -0.05) is 36.8 Å². The molecule has 2 aromatic rings. The summed E-state index contributed by atoms with van der Waals surface area (Å²) in [5.41, 5.74) is 2.43. The number of nitrogens with zero attached hydrogens (tertiary/aromatic N) is 4. The molecule has 2 saturated heterocycles. The Bertz CT molecular complexity index is 876. The van der Waals surface area contributed by atoms with Crippen molar-refractivity contribution in [1.29, 1.82) is 0 Å². The second kappa shape index (κ2) is 10.2. The van der Waals surface area contributed by atoms with Crippen LogP contribution in [0.1, 0.15) is 30.9 Å². The Kier molecular flexibility index (Phi) is 7.19. The van der Waals surface area contributed by atoms with Crippen LogP contribution in [0, 0.1) is 12.8 Å². The molecular weight excluding hydrogens is 408 g/mol. The number of piperidine rings is 1. The van der Waals surface area contributed by atoms with E-state index in [0.29, 0.717) is 17.6 Å². The molecule has 0 saturated carbocycles. The first-order chi connectivity index (χ1) is 15.1. The van der Waals surface area contributed by atoms with Gasteiger partial charge in [-0.3, -0.25) is 0 Å². The Morgan fingerprint density at radius 1 is 1.03 bits per heavy atom. The van der Waals surface area contributed by atoms with Crippen molar-refractivity contribution in [2.24, 2.45) is 5.92 Å². The number of rotatable bonds is 5. The van der Waals surface area contributed by atoms with Crippen molar-refractivity contribution in [1.82, 2.24) is 15.3 Å². The number of thiocarbonyl (C=S) groups is 1. The zero-order valence-corrected chi connectivity index (χ0v) is 19.2. The third-order valence-corrected chi connectivity index (χ3v) is 6.19. The summed E-state index contributed by atoms with van der Waals surface area (Å²) >= 11 is 5.53. The van der Waals surface area contributed by atoms with E-state index >= 15 is 0 Å². The molecule has 31 heavy (non-hydrogen) atoms. The van der Waals surface area contributed by atoms with Crippen LogP contribution in [0.3, 0.4) is 0 Å². The Balaban J connectivity index is 1.47. The summed E-state index contributed by atoms with van der Waals surface area (Å²) in [6.45, 7) is 10.2. The van der Waals surface area contributed by atoms with Crippen LogP contribution >= 0.6 is 12.2 Å². The molecule has 4 rings (SSSR count). The first-order valence-corrected chi connectivity index (χ1v) is 11.5. The highest BCUT2D eigenvalue weighted by Gasteiger charge is 2.21. The Morgan fingerprint density at radius 3 is 2.29 bits per heavy atom. The fourth-order valence-corrected chi connectivity index (χ4v) is 4.03. The fraction of sp³-hybridized carbons (Fsp3) is 0.522. The molecule has 2 N–H and O–H groups in total. The summed E-state index contributed by atoms with van der Waals surface area (Å²) < 4.78 is 5.51.